The number of benzene rings is 2. The first-order valence-electron chi connectivity index (χ1n) is 14.7. The molecule has 0 bridgehead atoms. The van der Waals surface area contributed by atoms with Crippen LogP contribution in [0.4, 0.5) is 5.69 Å². The third-order valence-electron chi connectivity index (χ3n) is 6.82. The molecule has 40 heavy (non-hydrogen) atoms. The van der Waals surface area contributed by atoms with Crippen LogP contribution in [0.25, 0.3) is 0 Å². The van der Waals surface area contributed by atoms with Gasteiger partial charge in [-0.3, -0.25) is 8.98 Å². The Labute approximate surface area is 242 Å². The maximum Gasteiger partial charge on any atom is 0.264 e. The maximum absolute atomic E-state index is 12.6. The highest BCUT2D eigenvalue weighted by atomic mass is 32.2. The summed E-state index contributed by atoms with van der Waals surface area (Å²) in [6.07, 6.45) is 16.6. The molecule has 2 aromatic carbocycles. The van der Waals surface area contributed by atoms with Gasteiger partial charge in [0.1, 0.15) is 11.5 Å². The van der Waals surface area contributed by atoms with Gasteiger partial charge in [-0.05, 0) is 41.8 Å². The average molecular weight is 576 g/mol. The van der Waals surface area contributed by atoms with E-state index in [0.29, 0.717) is 30.2 Å². The quantitative estimate of drug-likeness (QED) is 0.112. The van der Waals surface area contributed by atoms with Gasteiger partial charge in [0.2, 0.25) is 5.91 Å². The van der Waals surface area contributed by atoms with E-state index in [0.717, 1.165) is 30.4 Å². The van der Waals surface area contributed by atoms with Crippen molar-refractivity contribution < 1.29 is 26.9 Å². The van der Waals surface area contributed by atoms with Gasteiger partial charge in [-0.2, -0.15) is 8.42 Å². The molecule has 7 nitrogen and oxygen atoms in total. The van der Waals surface area contributed by atoms with Gasteiger partial charge >= 0.3 is 0 Å². The highest BCUT2D eigenvalue weighted by molar-refractivity contribution is 7.85. The summed E-state index contributed by atoms with van der Waals surface area (Å²) in [6.45, 7) is 4.64. The Morgan fingerprint density at radius 1 is 0.800 bits per heavy atom. The molecule has 0 unspecified atom stereocenters. The van der Waals surface area contributed by atoms with Crippen molar-refractivity contribution in [2.24, 2.45) is 0 Å². The van der Waals surface area contributed by atoms with Crippen LogP contribution < -0.4 is 14.4 Å². The first-order chi connectivity index (χ1) is 19.2. The second kappa shape index (κ2) is 18.7. The number of carbonyl (C=O) groups is 1. The number of unbranched alkanes of at least 4 members (excludes halogenated alkanes) is 11. The van der Waals surface area contributed by atoms with Gasteiger partial charge in [-0.1, -0.05) is 89.7 Å². The topological polar surface area (TPSA) is 82.1 Å². The lowest BCUT2D eigenvalue weighted by molar-refractivity contribution is -0.116. The number of amides is 1. The lowest BCUT2D eigenvalue weighted by Crippen LogP contribution is -2.28. The highest BCUT2D eigenvalue weighted by Crippen LogP contribution is 2.27. The van der Waals surface area contributed by atoms with E-state index in [4.69, 9.17) is 13.7 Å². The molecular formula is C32H49NO6S. The lowest BCUT2D eigenvalue weighted by atomic mass is 10.1. The van der Waals surface area contributed by atoms with E-state index in [9.17, 15) is 13.2 Å². The number of hydrogen-bond acceptors (Lipinski definition) is 6. The Hall–Kier alpha value is -2.58. The fourth-order valence-corrected chi connectivity index (χ4v) is 4.96. The number of hydrogen-bond donors (Lipinski definition) is 0. The van der Waals surface area contributed by atoms with Crippen LogP contribution >= 0.6 is 0 Å². The molecule has 0 aromatic heterocycles. The predicted molar refractivity (Wildman–Crippen MR) is 163 cm³/mol. The number of anilines is 1. The minimum Gasteiger partial charge on any atom is -0.497 e. The zero-order valence-electron chi connectivity index (χ0n) is 25.0. The van der Waals surface area contributed by atoms with Crippen LogP contribution in [0.2, 0.25) is 0 Å². The van der Waals surface area contributed by atoms with Crippen LogP contribution in [-0.4, -0.2) is 34.3 Å². The molecule has 0 radical (unpaired) electrons. The predicted octanol–water partition coefficient (Wildman–Crippen LogP) is 7.80. The number of carbonyl (C=O) groups excluding carboxylic acids is 1. The first kappa shape index (κ1) is 33.6. The summed E-state index contributed by atoms with van der Waals surface area (Å²) in [5.41, 5.74) is 2.19. The van der Waals surface area contributed by atoms with Crippen molar-refractivity contribution in [2.75, 3.05) is 24.9 Å². The van der Waals surface area contributed by atoms with Gasteiger partial charge in [0.05, 0.1) is 33.1 Å². The smallest absolute Gasteiger partial charge is 0.264 e. The van der Waals surface area contributed by atoms with E-state index in [2.05, 4.69) is 6.92 Å². The van der Waals surface area contributed by atoms with Gasteiger partial charge in [-0.25, -0.2) is 0 Å². The largest absolute Gasteiger partial charge is 0.497 e. The Balaban J connectivity index is 1.84. The summed E-state index contributed by atoms with van der Waals surface area (Å²) >= 11 is 0. The number of rotatable bonds is 21. The van der Waals surface area contributed by atoms with Crippen molar-refractivity contribution in [3.63, 3.8) is 0 Å². The van der Waals surface area contributed by atoms with Crippen LogP contribution in [0.1, 0.15) is 102 Å². The van der Waals surface area contributed by atoms with E-state index in [1.807, 2.05) is 24.3 Å². The molecule has 8 heteroatoms. The van der Waals surface area contributed by atoms with E-state index in [1.165, 1.54) is 71.1 Å². The van der Waals surface area contributed by atoms with Crippen LogP contribution in [0.3, 0.4) is 0 Å². The summed E-state index contributed by atoms with van der Waals surface area (Å²) in [6, 6.07) is 12.8. The first-order valence-corrected chi connectivity index (χ1v) is 16.6. The Bertz CT molecular complexity index is 1120. The molecule has 1 amide bonds. The summed E-state index contributed by atoms with van der Waals surface area (Å²) in [4.78, 5) is 14.2. The maximum atomic E-state index is 12.6. The Morgan fingerprint density at radius 2 is 1.40 bits per heavy atom. The molecule has 0 heterocycles. The van der Waals surface area contributed by atoms with Gasteiger partial charge in [0, 0.05) is 18.7 Å². The van der Waals surface area contributed by atoms with E-state index in [-0.39, 0.29) is 12.5 Å². The normalized spacial score (nSPS) is 11.4. The van der Waals surface area contributed by atoms with Crippen molar-refractivity contribution in [3.05, 3.63) is 53.6 Å². The van der Waals surface area contributed by atoms with Crippen LogP contribution in [0.15, 0.2) is 42.5 Å². The van der Waals surface area contributed by atoms with Gasteiger partial charge in [-0.15, -0.1) is 0 Å². The third-order valence-corrected chi connectivity index (χ3v) is 7.37. The lowest BCUT2D eigenvalue weighted by Gasteiger charge is -2.23. The molecule has 0 N–H and O–H groups in total. The number of nitrogens with zero attached hydrogens (tertiary/aromatic N) is 1. The van der Waals surface area contributed by atoms with Gasteiger partial charge in [0.25, 0.3) is 10.1 Å². The Kier molecular flexibility index (Phi) is 15.7. The fraction of sp³-hybridized carbons (Fsp3) is 0.594. The molecule has 0 spiro atoms. The van der Waals surface area contributed by atoms with Crippen molar-refractivity contribution in [1.82, 2.24) is 0 Å². The highest BCUT2D eigenvalue weighted by Gasteiger charge is 2.15. The van der Waals surface area contributed by atoms with Crippen LogP contribution in [-0.2, 0) is 32.2 Å². The van der Waals surface area contributed by atoms with Crippen molar-refractivity contribution in [2.45, 2.75) is 104 Å². The molecule has 2 aromatic rings. The monoisotopic (exact) mass is 575 g/mol. The summed E-state index contributed by atoms with van der Waals surface area (Å²) < 4.78 is 39.2. The van der Waals surface area contributed by atoms with Crippen LogP contribution in [0, 0.1) is 0 Å². The van der Waals surface area contributed by atoms with Gasteiger partial charge < -0.3 is 14.4 Å². The molecule has 0 fully saturated rings. The van der Waals surface area contributed by atoms with Crippen LogP contribution in [0.5, 0.6) is 11.5 Å². The number of ether oxygens (including phenoxy) is 2. The molecule has 0 aliphatic heterocycles. The second-order valence-electron chi connectivity index (χ2n) is 10.5. The van der Waals surface area contributed by atoms with E-state index >= 15 is 0 Å². The second-order valence-corrected chi connectivity index (χ2v) is 12.1. The third kappa shape index (κ3) is 14.2. The molecule has 2 rings (SSSR count). The minimum absolute atomic E-state index is 0.0886. The standard InChI is InChI=1S/C32H49NO6S/c1-5-6-7-8-9-10-11-12-13-14-15-16-20-38-32-23-29(22-31(24-32)37-3)25-33(27(2)34)30-19-17-18-28(21-30)26-39-40(4,35)36/h17-19,21-24H,5-16,20,25-26H2,1-4H3. The zero-order chi connectivity index (χ0) is 29.2. The fourth-order valence-electron chi connectivity index (χ4n) is 4.61. The minimum atomic E-state index is -3.56. The van der Waals surface area contributed by atoms with Crippen molar-refractivity contribution in [1.29, 1.82) is 0 Å². The average Bonchev–Trinajstić information content (AvgIpc) is 2.92. The Morgan fingerprint density at radius 3 is 1.98 bits per heavy atom. The van der Waals surface area contributed by atoms with Crippen molar-refractivity contribution >= 4 is 21.7 Å². The summed E-state index contributed by atoms with van der Waals surface area (Å²) in [7, 11) is -1.95. The zero-order valence-corrected chi connectivity index (χ0v) is 25.8. The molecule has 0 atom stereocenters. The molecule has 0 saturated heterocycles. The molecular weight excluding hydrogens is 526 g/mol. The summed E-state index contributed by atoms with van der Waals surface area (Å²) in [5, 5.41) is 0. The molecule has 0 saturated carbocycles. The SMILES string of the molecule is CCCCCCCCCCCCCCOc1cc(CN(C(C)=O)c2cccc(COS(C)(=O)=O)c2)cc(OC)c1. The van der Waals surface area contributed by atoms with E-state index in [1.54, 1.807) is 30.2 Å². The van der Waals surface area contributed by atoms with Gasteiger partial charge in [0.15, 0.2) is 0 Å². The van der Waals surface area contributed by atoms with Crippen molar-refractivity contribution in [3.8, 4) is 11.5 Å². The number of methoxy groups -OCH3 is 1. The van der Waals surface area contributed by atoms with E-state index < -0.39 is 10.1 Å². The molecule has 0 aliphatic carbocycles. The molecule has 0 aliphatic rings. The molecule has 224 valence electrons. The summed E-state index contributed by atoms with van der Waals surface area (Å²) in [5.74, 6) is 1.25.